The third kappa shape index (κ3) is 27.2. The number of carbonyl (C=O) groups is 2. The van der Waals surface area contributed by atoms with Crippen LogP contribution in [0.1, 0.15) is 136 Å². The molecule has 0 heterocycles. The summed E-state index contributed by atoms with van der Waals surface area (Å²) in [7, 11) is -5.14. The predicted molar refractivity (Wildman–Crippen MR) is 231 cm³/mol. The average Bonchev–Trinajstić information content (AvgIpc) is 3.22. The van der Waals surface area contributed by atoms with Gasteiger partial charge in [0.05, 0.1) is 12.7 Å². The molecule has 0 aromatic heterocycles. The number of aliphatic hydroxyl groups excluding tert-OH is 6. The van der Waals surface area contributed by atoms with Crippen molar-refractivity contribution < 1.29 is 68.2 Å². The molecule has 0 radical (unpaired) electrons. The molecule has 60 heavy (non-hydrogen) atoms. The molecular weight excluding hydrogens is 795 g/mol. The number of unbranched alkanes of at least 4 members (excludes halogenated alkanes) is 10. The molecule has 0 aromatic rings. The first kappa shape index (κ1) is 55.3. The van der Waals surface area contributed by atoms with E-state index in [1.165, 1.54) is 0 Å². The molecule has 7 N–H and O–H groups in total. The maximum Gasteiger partial charge on any atom is 0.472 e. The van der Waals surface area contributed by atoms with Crippen LogP contribution in [0.3, 0.4) is 0 Å². The Kier molecular flexibility index (Phi) is 32.0. The van der Waals surface area contributed by atoms with E-state index in [1.807, 2.05) is 37.3 Å². The lowest BCUT2D eigenvalue weighted by Crippen LogP contribution is -2.64. The van der Waals surface area contributed by atoms with E-state index in [0.29, 0.717) is 19.3 Å². The molecule has 9 atom stereocenters. The predicted octanol–water partition coefficient (Wildman–Crippen LogP) is 6.91. The van der Waals surface area contributed by atoms with Gasteiger partial charge in [0.25, 0.3) is 0 Å². The molecule has 0 bridgehead atoms. The molecule has 0 amide bonds. The maximum absolute atomic E-state index is 12.8. The van der Waals surface area contributed by atoms with Gasteiger partial charge in [-0.1, -0.05) is 125 Å². The van der Waals surface area contributed by atoms with Gasteiger partial charge < -0.3 is 45.0 Å². The molecule has 0 spiro atoms. The number of hydrogen-bond acceptors (Lipinski definition) is 13. The van der Waals surface area contributed by atoms with Crippen molar-refractivity contribution in [3.63, 3.8) is 0 Å². The second kappa shape index (κ2) is 34.8. The highest BCUT2D eigenvalue weighted by molar-refractivity contribution is 7.47. The zero-order valence-corrected chi connectivity index (χ0v) is 36.7. The Bertz CT molecular complexity index is 1340. The Morgan fingerprint density at radius 3 is 1.72 bits per heavy atom. The first-order valence-electron chi connectivity index (χ1n) is 21.8. The number of phosphoric ester groups is 1. The lowest BCUT2D eigenvalue weighted by molar-refractivity contribution is -0.220. The van der Waals surface area contributed by atoms with Crippen LogP contribution in [0.2, 0.25) is 0 Å². The second-order valence-corrected chi connectivity index (χ2v) is 16.4. The van der Waals surface area contributed by atoms with Crippen LogP contribution in [0, 0.1) is 0 Å². The summed E-state index contributed by atoms with van der Waals surface area (Å²) in [5, 5.41) is 60.0. The van der Waals surface area contributed by atoms with E-state index in [2.05, 4.69) is 43.4 Å². The minimum Gasteiger partial charge on any atom is -0.462 e. The molecule has 4 unspecified atom stereocenters. The van der Waals surface area contributed by atoms with Crippen LogP contribution in [0.25, 0.3) is 0 Å². The third-order valence-electron chi connectivity index (χ3n) is 9.62. The van der Waals surface area contributed by atoms with Gasteiger partial charge in [-0.3, -0.25) is 18.6 Å². The monoisotopic (exact) mass is 870 g/mol. The van der Waals surface area contributed by atoms with E-state index < -0.39 is 81.8 Å². The Morgan fingerprint density at radius 1 is 0.600 bits per heavy atom. The number of rotatable bonds is 34. The molecule has 0 aromatic carbocycles. The molecule has 1 fully saturated rings. The number of ether oxygens (including phenoxy) is 2. The Labute approximate surface area is 358 Å². The zero-order valence-electron chi connectivity index (χ0n) is 35.8. The second-order valence-electron chi connectivity index (χ2n) is 15.0. The smallest absolute Gasteiger partial charge is 0.462 e. The minimum absolute atomic E-state index is 0.0422. The largest absolute Gasteiger partial charge is 0.472 e. The molecule has 344 valence electrons. The molecule has 1 aliphatic carbocycles. The SMILES string of the molecule is CC/C=C\C/C=C\C/C=C\CCCCCCCC(=O)OC[C@H](COP(=O)(O)OC1[C@H](O)[C@H](O)C(O)[C@H](O)[C@H]1O)OC(=O)CCCCCCC/C=C/C=C/C(O)C/C=C/CC. The first-order chi connectivity index (χ1) is 28.8. The van der Waals surface area contributed by atoms with Crippen molar-refractivity contribution in [1.82, 2.24) is 0 Å². The van der Waals surface area contributed by atoms with Gasteiger partial charge in [-0.2, -0.15) is 0 Å². The summed E-state index contributed by atoms with van der Waals surface area (Å²) in [6, 6.07) is 0. The summed E-state index contributed by atoms with van der Waals surface area (Å²) >= 11 is 0. The molecule has 1 rings (SSSR count). The summed E-state index contributed by atoms with van der Waals surface area (Å²) in [5.41, 5.74) is 0. The van der Waals surface area contributed by atoms with Crippen LogP contribution in [0.5, 0.6) is 0 Å². The third-order valence-corrected chi connectivity index (χ3v) is 10.6. The van der Waals surface area contributed by atoms with Crippen LogP contribution in [-0.4, -0.2) is 110 Å². The van der Waals surface area contributed by atoms with Crippen LogP contribution in [0.4, 0.5) is 0 Å². The van der Waals surface area contributed by atoms with Crippen molar-refractivity contribution >= 4 is 19.8 Å². The fourth-order valence-electron chi connectivity index (χ4n) is 6.10. The van der Waals surface area contributed by atoms with Crippen molar-refractivity contribution in [1.29, 1.82) is 0 Å². The van der Waals surface area contributed by atoms with Crippen LogP contribution in [-0.2, 0) is 32.7 Å². The minimum atomic E-state index is -5.14. The van der Waals surface area contributed by atoms with E-state index in [4.69, 9.17) is 18.5 Å². The molecule has 0 aliphatic heterocycles. The van der Waals surface area contributed by atoms with Gasteiger partial charge in [-0.25, -0.2) is 4.57 Å². The fourth-order valence-corrected chi connectivity index (χ4v) is 7.07. The van der Waals surface area contributed by atoms with Crippen molar-refractivity contribution in [3.05, 3.63) is 72.9 Å². The molecule has 14 nitrogen and oxygen atoms in total. The van der Waals surface area contributed by atoms with E-state index in [-0.39, 0.29) is 12.8 Å². The quantitative estimate of drug-likeness (QED) is 0.0115. The Morgan fingerprint density at radius 2 is 1.10 bits per heavy atom. The first-order valence-corrected chi connectivity index (χ1v) is 23.3. The average molecular weight is 871 g/mol. The molecule has 1 saturated carbocycles. The summed E-state index contributed by atoms with van der Waals surface area (Å²) in [6.07, 6.45) is 25.7. The van der Waals surface area contributed by atoms with Crippen LogP contribution < -0.4 is 0 Å². The fraction of sp³-hybridized carbons (Fsp3) is 0.689. The number of hydrogen-bond donors (Lipinski definition) is 7. The van der Waals surface area contributed by atoms with Crippen molar-refractivity contribution in [3.8, 4) is 0 Å². The summed E-state index contributed by atoms with van der Waals surface area (Å²) in [4.78, 5) is 35.6. The highest BCUT2D eigenvalue weighted by Crippen LogP contribution is 2.47. The van der Waals surface area contributed by atoms with Gasteiger partial charge >= 0.3 is 19.8 Å². The lowest BCUT2D eigenvalue weighted by Gasteiger charge is -2.41. The number of allylic oxidation sites excluding steroid dienone is 10. The van der Waals surface area contributed by atoms with Gasteiger partial charge in [-0.05, 0) is 70.6 Å². The van der Waals surface area contributed by atoms with Crippen LogP contribution in [0.15, 0.2) is 72.9 Å². The standard InChI is InChI=1S/C45H75O14P/c1-3-5-7-8-9-10-11-12-13-14-15-18-21-24-28-32-38(47)56-34-37(35-57-60(54,55)59-45-43(52)41(50)40(49)42(51)44(45)53)58-39(48)33-29-25-22-19-16-17-20-23-27-31-36(46)30-26-6-4-2/h5-7,9-10,12-13,20,23,26-27,31,36-37,40-46,49-53H,3-4,8,11,14-19,21-22,24-25,28-30,32-35H2,1-2H3,(H,54,55)/b7-5-,10-9-,13-12-,23-20+,26-6+,31-27+/t36?,37-,40?,41-,42+,43-,44-,45?/m1/s1. The van der Waals surface area contributed by atoms with Gasteiger partial charge in [0.2, 0.25) is 0 Å². The number of esters is 2. The van der Waals surface area contributed by atoms with Crippen molar-refractivity contribution in [2.75, 3.05) is 13.2 Å². The Hall–Kier alpha value is -2.75. The number of aliphatic hydroxyl groups is 6. The van der Waals surface area contributed by atoms with E-state index >= 15 is 0 Å². The normalized spacial score (nSPS) is 23.4. The van der Waals surface area contributed by atoms with Gasteiger partial charge in [0.1, 0.15) is 43.2 Å². The van der Waals surface area contributed by atoms with Gasteiger partial charge in [0.15, 0.2) is 6.10 Å². The highest BCUT2D eigenvalue weighted by Gasteiger charge is 2.51. The van der Waals surface area contributed by atoms with Crippen LogP contribution >= 0.6 is 7.82 Å². The molecule has 1 aliphatic rings. The molecule has 0 saturated heterocycles. The maximum atomic E-state index is 12.8. The lowest BCUT2D eigenvalue weighted by atomic mass is 9.85. The number of phosphoric acid groups is 1. The van der Waals surface area contributed by atoms with Crippen molar-refractivity contribution in [2.24, 2.45) is 0 Å². The van der Waals surface area contributed by atoms with E-state index in [9.17, 15) is 49.7 Å². The topological polar surface area (TPSA) is 230 Å². The summed E-state index contributed by atoms with van der Waals surface area (Å²) in [5.74, 6) is -1.18. The van der Waals surface area contributed by atoms with E-state index in [1.54, 1.807) is 6.08 Å². The van der Waals surface area contributed by atoms with Gasteiger partial charge in [0, 0.05) is 12.8 Å². The summed E-state index contributed by atoms with van der Waals surface area (Å²) < 4.78 is 33.4. The molecule has 15 heteroatoms. The summed E-state index contributed by atoms with van der Waals surface area (Å²) in [6.45, 7) is 2.92. The van der Waals surface area contributed by atoms with Gasteiger partial charge in [-0.15, -0.1) is 0 Å². The number of carbonyl (C=O) groups excluding carboxylic acids is 2. The van der Waals surface area contributed by atoms with Crippen molar-refractivity contribution in [2.45, 2.75) is 185 Å². The molecular formula is C45H75O14P. The Balaban J connectivity index is 2.53. The highest BCUT2D eigenvalue weighted by atomic mass is 31.2. The van der Waals surface area contributed by atoms with E-state index in [0.717, 1.165) is 89.9 Å². The zero-order chi connectivity index (χ0) is 44.4.